The van der Waals surface area contributed by atoms with Crippen LogP contribution in [-0.4, -0.2) is 24.9 Å². The first kappa shape index (κ1) is 16.6. The summed E-state index contributed by atoms with van der Waals surface area (Å²) in [5.74, 6) is -0.719. The summed E-state index contributed by atoms with van der Waals surface area (Å²) in [6, 6.07) is 13.5. The van der Waals surface area contributed by atoms with E-state index in [2.05, 4.69) is 28.5 Å². The largest absolute Gasteiger partial charge is 0.371 e. The monoisotopic (exact) mass is 349 g/mol. The van der Waals surface area contributed by atoms with Crippen molar-refractivity contribution in [1.29, 1.82) is 0 Å². The first-order chi connectivity index (χ1) is 12.6. The van der Waals surface area contributed by atoms with Crippen molar-refractivity contribution in [2.45, 2.75) is 32.1 Å². The molecule has 0 aromatic heterocycles. The summed E-state index contributed by atoms with van der Waals surface area (Å²) in [5, 5.41) is 5.83. The zero-order valence-corrected chi connectivity index (χ0v) is 14.9. The van der Waals surface area contributed by atoms with Crippen LogP contribution in [0.4, 0.5) is 17.1 Å². The van der Waals surface area contributed by atoms with Gasteiger partial charge in [0, 0.05) is 36.6 Å². The molecule has 5 heteroatoms. The van der Waals surface area contributed by atoms with E-state index >= 15 is 0 Å². The van der Waals surface area contributed by atoms with Gasteiger partial charge in [-0.05, 0) is 55.2 Å². The van der Waals surface area contributed by atoms with Crippen LogP contribution in [-0.2, 0) is 9.59 Å². The molecule has 4 rings (SSSR count). The van der Waals surface area contributed by atoms with Crippen LogP contribution in [0.15, 0.2) is 42.5 Å². The van der Waals surface area contributed by atoms with Crippen molar-refractivity contribution in [1.82, 2.24) is 0 Å². The number of fused-ring (bicyclic) bond motifs is 1. The van der Waals surface area contributed by atoms with Crippen molar-refractivity contribution >= 4 is 28.9 Å². The average molecular weight is 349 g/mol. The Bertz CT molecular complexity index is 856. The Morgan fingerprint density at radius 1 is 1.15 bits per heavy atom. The van der Waals surface area contributed by atoms with E-state index in [1.807, 2.05) is 36.4 Å². The van der Waals surface area contributed by atoms with Crippen molar-refractivity contribution in [3.63, 3.8) is 0 Å². The highest BCUT2D eigenvalue weighted by Crippen LogP contribution is 2.33. The minimum atomic E-state index is -0.460. The molecule has 26 heavy (non-hydrogen) atoms. The molecule has 0 saturated carbocycles. The summed E-state index contributed by atoms with van der Waals surface area (Å²) in [6.45, 7) is 4.27. The molecule has 0 aliphatic carbocycles. The van der Waals surface area contributed by atoms with Gasteiger partial charge in [-0.15, -0.1) is 0 Å². The van der Waals surface area contributed by atoms with Gasteiger partial charge in [-0.3, -0.25) is 9.59 Å². The van der Waals surface area contributed by atoms with Crippen molar-refractivity contribution in [3.8, 4) is 0 Å². The first-order valence-electron chi connectivity index (χ1n) is 9.17. The summed E-state index contributed by atoms with van der Waals surface area (Å²) in [7, 11) is 0. The highest BCUT2D eigenvalue weighted by Gasteiger charge is 2.30. The lowest BCUT2D eigenvalue weighted by molar-refractivity contribution is -0.123. The van der Waals surface area contributed by atoms with Crippen molar-refractivity contribution in [2.75, 3.05) is 28.6 Å². The lowest BCUT2D eigenvalue weighted by atomic mass is 9.89. The summed E-state index contributed by atoms with van der Waals surface area (Å²) in [6.07, 6.45) is 2.65. The molecule has 0 unspecified atom stereocenters. The number of aryl methyl sites for hydroxylation is 1. The van der Waals surface area contributed by atoms with Gasteiger partial charge in [-0.25, -0.2) is 0 Å². The molecule has 1 atom stereocenters. The van der Waals surface area contributed by atoms with Crippen molar-refractivity contribution in [3.05, 3.63) is 53.6 Å². The summed E-state index contributed by atoms with van der Waals surface area (Å²) >= 11 is 0. The number of nitrogens with zero attached hydrogens (tertiary/aromatic N) is 1. The van der Waals surface area contributed by atoms with Crippen molar-refractivity contribution < 1.29 is 9.59 Å². The third-order valence-electron chi connectivity index (χ3n) is 5.23. The van der Waals surface area contributed by atoms with E-state index in [0.717, 1.165) is 35.6 Å². The Morgan fingerprint density at radius 2 is 1.92 bits per heavy atom. The predicted octanol–water partition coefficient (Wildman–Crippen LogP) is 3.66. The van der Waals surface area contributed by atoms with E-state index in [4.69, 9.17) is 0 Å². The molecule has 1 fully saturated rings. The topological polar surface area (TPSA) is 61.4 Å². The fourth-order valence-electron chi connectivity index (χ4n) is 3.92. The Hall–Kier alpha value is -2.82. The van der Waals surface area contributed by atoms with Crippen LogP contribution in [0.3, 0.4) is 0 Å². The summed E-state index contributed by atoms with van der Waals surface area (Å²) in [4.78, 5) is 27.2. The molecule has 1 saturated heterocycles. The Balaban J connectivity index is 1.53. The second-order valence-electron chi connectivity index (χ2n) is 7.08. The smallest absolute Gasteiger partial charge is 0.232 e. The van der Waals surface area contributed by atoms with Crippen LogP contribution in [0.1, 0.15) is 36.3 Å². The van der Waals surface area contributed by atoms with Crippen LogP contribution in [0.25, 0.3) is 0 Å². The van der Waals surface area contributed by atoms with E-state index in [0.29, 0.717) is 0 Å². The van der Waals surface area contributed by atoms with E-state index < -0.39 is 5.92 Å². The highest BCUT2D eigenvalue weighted by molar-refractivity contribution is 6.05. The average Bonchev–Trinajstić information content (AvgIpc) is 3.15. The highest BCUT2D eigenvalue weighted by atomic mass is 16.2. The maximum Gasteiger partial charge on any atom is 0.232 e. The van der Waals surface area contributed by atoms with E-state index in [9.17, 15) is 9.59 Å². The first-order valence-corrected chi connectivity index (χ1v) is 9.17. The number of anilines is 3. The van der Waals surface area contributed by atoms with Crippen LogP contribution in [0, 0.1) is 6.92 Å². The lowest BCUT2D eigenvalue weighted by Crippen LogP contribution is -2.30. The van der Waals surface area contributed by atoms with E-state index in [1.54, 1.807) is 0 Å². The van der Waals surface area contributed by atoms with Gasteiger partial charge in [0.25, 0.3) is 0 Å². The van der Waals surface area contributed by atoms with Gasteiger partial charge >= 0.3 is 0 Å². The Kier molecular flexibility index (Phi) is 4.37. The molecule has 0 bridgehead atoms. The molecular weight excluding hydrogens is 326 g/mol. The van der Waals surface area contributed by atoms with Crippen LogP contribution < -0.4 is 15.5 Å². The Morgan fingerprint density at radius 3 is 2.69 bits per heavy atom. The maximum atomic E-state index is 12.8. The number of nitrogens with one attached hydrogen (secondary N) is 2. The minimum Gasteiger partial charge on any atom is -0.371 e. The van der Waals surface area contributed by atoms with Gasteiger partial charge in [0.2, 0.25) is 11.8 Å². The summed E-state index contributed by atoms with van der Waals surface area (Å²) < 4.78 is 0. The number of amides is 2. The molecule has 5 nitrogen and oxygen atoms in total. The molecule has 0 radical (unpaired) electrons. The third kappa shape index (κ3) is 3.17. The molecule has 2 N–H and O–H groups in total. The maximum absolute atomic E-state index is 12.8. The number of carbonyl (C=O) groups is 2. The van der Waals surface area contributed by atoms with Gasteiger partial charge in [0.1, 0.15) is 0 Å². The fourth-order valence-corrected chi connectivity index (χ4v) is 3.92. The molecule has 2 aliphatic rings. The molecule has 134 valence electrons. The fraction of sp³-hybridized carbons (Fsp3) is 0.333. The minimum absolute atomic E-state index is 0.121. The predicted molar refractivity (Wildman–Crippen MR) is 104 cm³/mol. The molecule has 2 heterocycles. The summed E-state index contributed by atoms with van der Waals surface area (Å²) in [5.41, 5.74) is 4.77. The number of rotatable bonds is 3. The third-order valence-corrected chi connectivity index (χ3v) is 5.23. The van der Waals surface area contributed by atoms with E-state index in [-0.39, 0.29) is 18.2 Å². The van der Waals surface area contributed by atoms with Crippen LogP contribution in [0.2, 0.25) is 0 Å². The second kappa shape index (κ2) is 6.83. The number of carbonyl (C=O) groups excluding carboxylic acids is 2. The molecule has 2 aromatic carbocycles. The van der Waals surface area contributed by atoms with Gasteiger partial charge in [-0.2, -0.15) is 0 Å². The van der Waals surface area contributed by atoms with E-state index in [1.165, 1.54) is 18.5 Å². The molecule has 2 aromatic rings. The number of benzene rings is 2. The zero-order valence-electron chi connectivity index (χ0n) is 14.9. The number of para-hydroxylation sites is 1. The quantitative estimate of drug-likeness (QED) is 0.889. The molecule has 2 aliphatic heterocycles. The molecule has 0 spiro atoms. The van der Waals surface area contributed by atoms with Crippen LogP contribution >= 0.6 is 0 Å². The van der Waals surface area contributed by atoms with Gasteiger partial charge in [0.15, 0.2) is 0 Å². The van der Waals surface area contributed by atoms with Gasteiger partial charge in [-0.1, -0.05) is 18.2 Å². The van der Waals surface area contributed by atoms with Crippen molar-refractivity contribution in [2.24, 2.45) is 0 Å². The second-order valence-corrected chi connectivity index (χ2v) is 7.08. The SMILES string of the molecule is Cc1cc(NC(=O)[C@@H]2CC(=O)Nc3ccccc32)ccc1N1CCCC1. The standard InChI is InChI=1S/C21H23N3O2/c1-14-12-15(8-9-19(14)24-10-4-5-11-24)22-21(26)17-13-20(25)23-18-7-3-2-6-16(17)18/h2-3,6-9,12,17H,4-5,10-11,13H2,1H3,(H,22,26)(H,23,25)/t17-/m1/s1. The lowest BCUT2D eigenvalue weighted by Gasteiger charge is -2.25. The number of hydrogen-bond acceptors (Lipinski definition) is 3. The van der Waals surface area contributed by atoms with Gasteiger partial charge < -0.3 is 15.5 Å². The zero-order chi connectivity index (χ0) is 18.1. The normalized spacial score (nSPS) is 19.0. The molecule has 2 amide bonds. The molecular formula is C21H23N3O2. The number of hydrogen-bond donors (Lipinski definition) is 2. The van der Waals surface area contributed by atoms with Gasteiger partial charge in [0.05, 0.1) is 5.92 Å². The Labute approximate surface area is 153 Å². The van der Waals surface area contributed by atoms with Crippen LogP contribution in [0.5, 0.6) is 0 Å².